The molecule has 15 heavy (non-hydrogen) atoms. The molecule has 0 radical (unpaired) electrons. The molecule has 0 spiro atoms. The molecule has 5 nitrogen and oxygen atoms in total. The van der Waals surface area contributed by atoms with Crippen LogP contribution in [-0.2, 0) is 0 Å². The van der Waals surface area contributed by atoms with E-state index in [4.69, 9.17) is 15.6 Å². The zero-order chi connectivity index (χ0) is 10.8. The zero-order valence-electron chi connectivity index (χ0n) is 8.64. The standard InChI is InChI=1S/C9H15N3O2S/c1-14-7-8(10)11-15-9(7)12-3-2-6(4-12)5-13/h6,13H,2-5H2,1H3,(H2,10,11). The van der Waals surface area contributed by atoms with E-state index >= 15 is 0 Å². The molecule has 0 bridgehead atoms. The molecule has 1 aromatic rings. The average molecular weight is 229 g/mol. The molecule has 3 N–H and O–H groups in total. The Morgan fingerprint density at radius 1 is 1.73 bits per heavy atom. The van der Waals surface area contributed by atoms with Gasteiger partial charge in [-0.2, -0.15) is 4.37 Å². The molecule has 2 rings (SSSR count). The number of methoxy groups -OCH3 is 1. The summed E-state index contributed by atoms with van der Waals surface area (Å²) in [5.74, 6) is 1.47. The monoisotopic (exact) mass is 229 g/mol. The van der Waals surface area contributed by atoms with E-state index in [2.05, 4.69) is 9.27 Å². The highest BCUT2D eigenvalue weighted by atomic mass is 32.1. The van der Waals surface area contributed by atoms with E-state index in [1.54, 1.807) is 7.11 Å². The fraction of sp³-hybridized carbons (Fsp3) is 0.667. The Balaban J connectivity index is 2.16. The van der Waals surface area contributed by atoms with Crippen molar-refractivity contribution in [3.05, 3.63) is 0 Å². The van der Waals surface area contributed by atoms with E-state index in [0.717, 1.165) is 24.5 Å². The van der Waals surface area contributed by atoms with Crippen LogP contribution in [0.4, 0.5) is 10.8 Å². The van der Waals surface area contributed by atoms with Crippen LogP contribution in [0.3, 0.4) is 0 Å². The summed E-state index contributed by atoms with van der Waals surface area (Å²) in [6.45, 7) is 2.03. The van der Waals surface area contributed by atoms with Gasteiger partial charge in [0.1, 0.15) is 0 Å². The topological polar surface area (TPSA) is 71.6 Å². The fourth-order valence-electron chi connectivity index (χ4n) is 1.84. The molecule has 1 aliphatic rings. The average Bonchev–Trinajstić information content (AvgIpc) is 2.83. The summed E-state index contributed by atoms with van der Waals surface area (Å²) in [6.07, 6.45) is 1.01. The number of hydrogen-bond acceptors (Lipinski definition) is 6. The predicted octanol–water partition coefficient (Wildman–Crippen LogP) is 0.552. The van der Waals surface area contributed by atoms with E-state index in [1.165, 1.54) is 11.5 Å². The third-order valence-electron chi connectivity index (χ3n) is 2.69. The Bertz CT molecular complexity index is 342. The van der Waals surface area contributed by atoms with Crippen molar-refractivity contribution in [2.75, 3.05) is 37.4 Å². The summed E-state index contributed by atoms with van der Waals surface area (Å²) in [5.41, 5.74) is 5.68. The number of nitrogen functional groups attached to an aromatic ring is 1. The highest BCUT2D eigenvalue weighted by Crippen LogP contribution is 2.39. The maximum atomic E-state index is 9.07. The summed E-state index contributed by atoms with van der Waals surface area (Å²) in [5, 5.41) is 10.0. The molecule has 2 heterocycles. The van der Waals surface area contributed by atoms with Gasteiger partial charge in [-0.15, -0.1) is 0 Å². The molecule has 6 heteroatoms. The smallest absolute Gasteiger partial charge is 0.197 e. The number of aliphatic hydroxyl groups excluding tert-OH is 1. The number of anilines is 2. The van der Waals surface area contributed by atoms with Gasteiger partial charge in [-0.25, -0.2) is 0 Å². The van der Waals surface area contributed by atoms with Crippen molar-refractivity contribution >= 4 is 22.4 Å². The molecule has 1 saturated heterocycles. The second kappa shape index (κ2) is 4.24. The van der Waals surface area contributed by atoms with E-state index in [9.17, 15) is 0 Å². The van der Waals surface area contributed by atoms with Gasteiger partial charge in [0.2, 0.25) is 0 Å². The Morgan fingerprint density at radius 2 is 2.53 bits per heavy atom. The lowest BCUT2D eigenvalue weighted by molar-refractivity contribution is 0.238. The maximum absolute atomic E-state index is 9.07. The lowest BCUT2D eigenvalue weighted by Crippen LogP contribution is -2.20. The molecule has 1 atom stereocenters. The Morgan fingerprint density at radius 3 is 3.13 bits per heavy atom. The van der Waals surface area contributed by atoms with Gasteiger partial charge in [-0.1, -0.05) is 0 Å². The minimum Gasteiger partial charge on any atom is -0.490 e. The molecule has 0 aromatic carbocycles. The van der Waals surface area contributed by atoms with Gasteiger partial charge in [0.05, 0.1) is 7.11 Å². The third-order valence-corrected chi connectivity index (χ3v) is 3.60. The second-order valence-electron chi connectivity index (χ2n) is 3.69. The van der Waals surface area contributed by atoms with Crippen LogP contribution in [0.5, 0.6) is 5.75 Å². The van der Waals surface area contributed by atoms with E-state index in [-0.39, 0.29) is 6.61 Å². The predicted molar refractivity (Wildman–Crippen MR) is 60.5 cm³/mol. The highest BCUT2D eigenvalue weighted by molar-refractivity contribution is 7.11. The van der Waals surface area contributed by atoms with E-state index < -0.39 is 0 Å². The van der Waals surface area contributed by atoms with Gasteiger partial charge in [0.15, 0.2) is 16.6 Å². The van der Waals surface area contributed by atoms with Crippen LogP contribution >= 0.6 is 11.5 Å². The first-order valence-electron chi connectivity index (χ1n) is 4.91. The summed E-state index contributed by atoms with van der Waals surface area (Å²) in [4.78, 5) is 2.17. The first-order chi connectivity index (χ1) is 7.26. The normalized spacial score (nSPS) is 20.9. The number of aromatic nitrogens is 1. The van der Waals surface area contributed by atoms with E-state index in [1.807, 2.05) is 0 Å². The second-order valence-corrected chi connectivity index (χ2v) is 4.44. The van der Waals surface area contributed by atoms with Crippen LogP contribution < -0.4 is 15.4 Å². The molecular weight excluding hydrogens is 214 g/mol. The van der Waals surface area contributed by atoms with Crippen LogP contribution in [0.2, 0.25) is 0 Å². The number of nitrogens with zero attached hydrogens (tertiary/aromatic N) is 2. The lowest BCUT2D eigenvalue weighted by atomic mass is 10.1. The van der Waals surface area contributed by atoms with Gasteiger partial charge in [0.25, 0.3) is 0 Å². The minimum absolute atomic E-state index is 0.243. The van der Waals surface area contributed by atoms with Crippen LogP contribution in [0.1, 0.15) is 6.42 Å². The molecule has 84 valence electrons. The minimum atomic E-state index is 0.243. The van der Waals surface area contributed by atoms with Crippen molar-refractivity contribution in [1.82, 2.24) is 4.37 Å². The molecule has 0 amide bonds. The van der Waals surface area contributed by atoms with Crippen molar-refractivity contribution in [3.63, 3.8) is 0 Å². The fourth-order valence-corrected chi connectivity index (χ4v) is 2.66. The first kappa shape index (κ1) is 10.5. The molecule has 0 saturated carbocycles. The highest BCUT2D eigenvalue weighted by Gasteiger charge is 2.26. The number of aliphatic hydroxyl groups is 1. The maximum Gasteiger partial charge on any atom is 0.197 e. The summed E-state index contributed by atoms with van der Waals surface area (Å²) in [7, 11) is 1.60. The number of nitrogens with two attached hydrogens (primary N) is 1. The number of ether oxygens (including phenoxy) is 1. The van der Waals surface area contributed by atoms with Gasteiger partial charge in [-0.3, -0.25) is 0 Å². The molecule has 0 aliphatic carbocycles. The van der Waals surface area contributed by atoms with E-state index in [0.29, 0.717) is 17.5 Å². The van der Waals surface area contributed by atoms with Crippen LogP contribution in [0, 0.1) is 5.92 Å². The number of rotatable bonds is 3. The van der Waals surface area contributed by atoms with Gasteiger partial charge in [-0.05, 0) is 18.0 Å². The van der Waals surface area contributed by atoms with Gasteiger partial charge < -0.3 is 20.5 Å². The molecular formula is C9H15N3O2S. The van der Waals surface area contributed by atoms with Crippen molar-refractivity contribution in [3.8, 4) is 5.75 Å². The summed E-state index contributed by atoms with van der Waals surface area (Å²) in [6, 6.07) is 0. The lowest BCUT2D eigenvalue weighted by Gasteiger charge is -2.16. The third kappa shape index (κ3) is 1.87. The Labute approximate surface area is 92.6 Å². The van der Waals surface area contributed by atoms with Crippen molar-refractivity contribution in [1.29, 1.82) is 0 Å². The van der Waals surface area contributed by atoms with Crippen LogP contribution in [0.25, 0.3) is 0 Å². The number of hydrogen-bond donors (Lipinski definition) is 2. The van der Waals surface area contributed by atoms with Gasteiger partial charge in [0, 0.05) is 25.6 Å². The Hall–Kier alpha value is -1.01. The van der Waals surface area contributed by atoms with Crippen LogP contribution in [0.15, 0.2) is 0 Å². The molecule has 1 unspecified atom stereocenters. The Kier molecular flexibility index (Phi) is 2.97. The van der Waals surface area contributed by atoms with Crippen molar-refractivity contribution < 1.29 is 9.84 Å². The summed E-state index contributed by atoms with van der Waals surface area (Å²) >= 11 is 1.35. The quantitative estimate of drug-likeness (QED) is 0.792. The molecule has 1 aromatic heterocycles. The van der Waals surface area contributed by atoms with Crippen molar-refractivity contribution in [2.45, 2.75) is 6.42 Å². The largest absolute Gasteiger partial charge is 0.490 e. The van der Waals surface area contributed by atoms with Crippen molar-refractivity contribution in [2.24, 2.45) is 5.92 Å². The SMILES string of the molecule is COc1c(N)nsc1N1CCC(CO)C1. The molecule has 1 aliphatic heterocycles. The first-order valence-corrected chi connectivity index (χ1v) is 5.68. The summed E-state index contributed by atoms with van der Waals surface area (Å²) < 4.78 is 9.29. The van der Waals surface area contributed by atoms with Gasteiger partial charge >= 0.3 is 0 Å². The van der Waals surface area contributed by atoms with Crippen LogP contribution in [-0.4, -0.2) is 36.3 Å². The molecule has 1 fully saturated rings. The zero-order valence-corrected chi connectivity index (χ0v) is 9.46.